The number of benzene rings is 4. The Bertz CT molecular complexity index is 1550. The summed E-state index contributed by atoms with van der Waals surface area (Å²) >= 11 is 0. The molecule has 2 amide bonds. The van der Waals surface area contributed by atoms with Crippen molar-refractivity contribution in [2.45, 2.75) is 19.7 Å². The van der Waals surface area contributed by atoms with Crippen LogP contribution in [-0.2, 0) is 22.4 Å². The van der Waals surface area contributed by atoms with Crippen LogP contribution >= 0.6 is 0 Å². The van der Waals surface area contributed by atoms with E-state index in [1.165, 1.54) is 13.2 Å². The zero-order valence-corrected chi connectivity index (χ0v) is 21.0. The van der Waals surface area contributed by atoms with Gasteiger partial charge in [-0.05, 0) is 59.7 Å². The van der Waals surface area contributed by atoms with Crippen molar-refractivity contribution in [1.29, 1.82) is 0 Å². The number of ether oxygens (including phenoxy) is 2. The molecular weight excluding hydrogens is 511 g/mol. The highest BCUT2D eigenvalue weighted by Crippen LogP contribution is 2.31. The summed E-state index contributed by atoms with van der Waals surface area (Å²) in [5.41, 5.74) is 2.94. The van der Waals surface area contributed by atoms with Gasteiger partial charge in [0.25, 0.3) is 0 Å². The van der Waals surface area contributed by atoms with Gasteiger partial charge >= 0.3 is 18.0 Å². The average molecular weight is 536 g/mol. The third-order valence-electron chi connectivity index (χ3n) is 5.82. The first-order chi connectivity index (χ1) is 18.7. The van der Waals surface area contributed by atoms with Gasteiger partial charge in [0.2, 0.25) is 0 Å². The molecule has 0 aromatic heterocycles. The maximum Gasteiger partial charge on any atom is 0.416 e. The van der Waals surface area contributed by atoms with Crippen molar-refractivity contribution >= 4 is 34.0 Å². The highest BCUT2D eigenvalue weighted by atomic mass is 19.4. The van der Waals surface area contributed by atoms with Crippen molar-refractivity contribution in [3.63, 3.8) is 0 Å². The van der Waals surface area contributed by atoms with Crippen molar-refractivity contribution in [3.05, 3.63) is 102 Å². The summed E-state index contributed by atoms with van der Waals surface area (Å²) in [6, 6.07) is 23.1. The van der Waals surface area contributed by atoms with Gasteiger partial charge in [0.1, 0.15) is 6.61 Å². The molecule has 0 heterocycles. The lowest BCUT2D eigenvalue weighted by Gasteiger charge is -2.13. The summed E-state index contributed by atoms with van der Waals surface area (Å²) in [6.45, 7) is 1.93. The average Bonchev–Trinajstić information content (AvgIpc) is 2.94. The van der Waals surface area contributed by atoms with E-state index in [0.29, 0.717) is 29.4 Å². The van der Waals surface area contributed by atoms with Gasteiger partial charge in [-0.3, -0.25) is 9.59 Å². The molecule has 0 saturated heterocycles. The largest absolute Gasteiger partial charge is 0.493 e. The van der Waals surface area contributed by atoms with E-state index in [1.54, 1.807) is 25.1 Å². The van der Waals surface area contributed by atoms with Crippen LogP contribution in [0.5, 0.6) is 11.5 Å². The summed E-state index contributed by atoms with van der Waals surface area (Å²) < 4.78 is 50.1. The van der Waals surface area contributed by atoms with Crippen LogP contribution in [0.3, 0.4) is 0 Å². The molecule has 200 valence electrons. The Morgan fingerprint density at radius 3 is 2.38 bits per heavy atom. The first-order valence-electron chi connectivity index (χ1n) is 11.8. The summed E-state index contributed by atoms with van der Waals surface area (Å²) in [7, 11) is 1.50. The standard InChI is InChI=1S/C29H24F3N3O4/c1-18(34-35-28(37)27(36)33-23-11-6-10-22(16-23)29(30,31)32)20-13-14-25(26(15-20)38-2)39-17-21-9-5-8-19-7-3-4-12-24(19)21/h3-16H,17H2,1-2H3,(H,33,36)(H,35,37)/b34-18+. The van der Waals surface area contributed by atoms with Crippen molar-refractivity contribution in [3.8, 4) is 11.5 Å². The van der Waals surface area contributed by atoms with Gasteiger partial charge in [-0.1, -0.05) is 48.5 Å². The molecule has 39 heavy (non-hydrogen) atoms. The number of rotatable bonds is 7. The highest BCUT2D eigenvalue weighted by Gasteiger charge is 2.30. The Morgan fingerprint density at radius 1 is 0.872 bits per heavy atom. The fourth-order valence-corrected chi connectivity index (χ4v) is 3.80. The van der Waals surface area contributed by atoms with E-state index < -0.39 is 23.6 Å². The van der Waals surface area contributed by atoms with E-state index in [9.17, 15) is 22.8 Å². The number of carbonyl (C=O) groups excluding carboxylic acids is 2. The van der Waals surface area contributed by atoms with Crippen LogP contribution in [0.4, 0.5) is 18.9 Å². The molecular formula is C29H24F3N3O4. The van der Waals surface area contributed by atoms with Crippen molar-refractivity contribution in [1.82, 2.24) is 5.43 Å². The quantitative estimate of drug-likeness (QED) is 0.175. The SMILES string of the molecule is COc1cc(/C(C)=N/NC(=O)C(=O)Nc2cccc(C(F)(F)F)c2)ccc1OCc1cccc2ccccc12. The number of nitrogens with one attached hydrogen (secondary N) is 2. The topological polar surface area (TPSA) is 89.0 Å². The van der Waals surface area contributed by atoms with Crippen molar-refractivity contribution in [2.24, 2.45) is 5.10 Å². The van der Waals surface area contributed by atoms with Gasteiger partial charge in [0, 0.05) is 11.3 Å². The molecule has 2 N–H and O–H groups in total. The first kappa shape index (κ1) is 27.2. The second-order valence-electron chi connectivity index (χ2n) is 8.46. The van der Waals surface area contributed by atoms with E-state index in [1.807, 2.05) is 42.5 Å². The number of halogens is 3. The Labute approximate surface area is 222 Å². The number of fused-ring (bicyclic) bond motifs is 1. The lowest BCUT2D eigenvalue weighted by molar-refractivity contribution is -0.137. The minimum absolute atomic E-state index is 0.172. The number of methoxy groups -OCH3 is 1. The van der Waals surface area contributed by atoms with Crippen LogP contribution in [0.25, 0.3) is 10.8 Å². The maximum absolute atomic E-state index is 12.9. The summed E-state index contributed by atoms with van der Waals surface area (Å²) in [5, 5.41) is 8.25. The molecule has 4 aromatic rings. The van der Waals surface area contributed by atoms with Gasteiger partial charge in [-0.15, -0.1) is 0 Å². The van der Waals surface area contributed by atoms with Crippen LogP contribution in [0.2, 0.25) is 0 Å². The number of hydrogen-bond donors (Lipinski definition) is 2. The van der Waals surface area contributed by atoms with Crippen molar-refractivity contribution in [2.75, 3.05) is 12.4 Å². The monoisotopic (exact) mass is 535 g/mol. The number of nitrogens with zero attached hydrogens (tertiary/aromatic N) is 1. The van der Waals surface area contributed by atoms with E-state index >= 15 is 0 Å². The molecule has 4 aromatic carbocycles. The Hall–Kier alpha value is -4.86. The molecule has 0 aliphatic rings. The number of carbonyl (C=O) groups is 2. The third kappa shape index (κ3) is 6.72. The molecule has 0 aliphatic heterocycles. The minimum atomic E-state index is -4.58. The maximum atomic E-state index is 12.9. The number of hydrazone groups is 1. The lowest BCUT2D eigenvalue weighted by atomic mass is 10.1. The van der Waals surface area contributed by atoms with Gasteiger partial charge < -0.3 is 14.8 Å². The van der Waals surface area contributed by atoms with E-state index in [0.717, 1.165) is 34.5 Å². The molecule has 0 bridgehead atoms. The van der Waals surface area contributed by atoms with Gasteiger partial charge in [0.15, 0.2) is 11.5 Å². The molecule has 0 fully saturated rings. The molecule has 0 saturated carbocycles. The summed E-state index contributed by atoms with van der Waals surface area (Å²) in [6.07, 6.45) is -4.58. The molecule has 4 rings (SSSR count). The van der Waals surface area contributed by atoms with E-state index in [2.05, 4.69) is 15.8 Å². The third-order valence-corrected chi connectivity index (χ3v) is 5.82. The normalized spacial score (nSPS) is 11.7. The number of hydrogen-bond acceptors (Lipinski definition) is 5. The second kappa shape index (κ2) is 11.7. The number of alkyl halides is 3. The Morgan fingerprint density at radius 2 is 1.62 bits per heavy atom. The summed E-state index contributed by atoms with van der Waals surface area (Å²) in [4.78, 5) is 24.3. The molecule has 10 heteroatoms. The Kier molecular flexibility index (Phi) is 8.14. The Balaban J connectivity index is 1.40. The fourth-order valence-electron chi connectivity index (χ4n) is 3.80. The molecule has 0 atom stereocenters. The lowest BCUT2D eigenvalue weighted by Crippen LogP contribution is -2.33. The van der Waals surface area contributed by atoms with Crippen LogP contribution in [0, 0.1) is 0 Å². The van der Waals surface area contributed by atoms with Crippen LogP contribution in [0.15, 0.2) is 90.0 Å². The molecule has 7 nitrogen and oxygen atoms in total. The highest BCUT2D eigenvalue weighted by molar-refractivity contribution is 6.39. The van der Waals surface area contributed by atoms with Crippen molar-refractivity contribution < 1.29 is 32.2 Å². The second-order valence-corrected chi connectivity index (χ2v) is 8.46. The number of anilines is 1. The fraction of sp³-hybridized carbons (Fsp3) is 0.138. The molecule has 0 unspecified atom stereocenters. The first-order valence-corrected chi connectivity index (χ1v) is 11.8. The van der Waals surface area contributed by atoms with Crippen LogP contribution in [-0.4, -0.2) is 24.6 Å². The predicted molar refractivity (Wildman–Crippen MR) is 142 cm³/mol. The molecule has 0 aliphatic carbocycles. The zero-order chi connectivity index (χ0) is 28.0. The molecule has 0 spiro atoms. The van der Waals surface area contributed by atoms with E-state index in [4.69, 9.17) is 9.47 Å². The smallest absolute Gasteiger partial charge is 0.416 e. The van der Waals surface area contributed by atoms with Gasteiger partial charge in [-0.25, -0.2) is 5.43 Å². The number of amides is 2. The van der Waals surface area contributed by atoms with Gasteiger partial charge in [0.05, 0.1) is 18.4 Å². The van der Waals surface area contributed by atoms with Crippen LogP contribution in [0.1, 0.15) is 23.6 Å². The van der Waals surface area contributed by atoms with Crippen LogP contribution < -0.4 is 20.2 Å². The van der Waals surface area contributed by atoms with Gasteiger partial charge in [-0.2, -0.15) is 18.3 Å². The van der Waals surface area contributed by atoms with E-state index in [-0.39, 0.29) is 5.69 Å². The zero-order valence-electron chi connectivity index (χ0n) is 21.0. The minimum Gasteiger partial charge on any atom is -0.493 e. The summed E-state index contributed by atoms with van der Waals surface area (Å²) in [5.74, 6) is -1.36. The predicted octanol–water partition coefficient (Wildman–Crippen LogP) is 5.93. The molecule has 0 radical (unpaired) electrons.